The van der Waals surface area contributed by atoms with E-state index in [2.05, 4.69) is 54.6 Å². The number of rotatable bonds is 8. The van der Waals surface area contributed by atoms with Crippen molar-refractivity contribution in [3.05, 3.63) is 29.3 Å². The Hall–Kier alpha value is -1.79. The van der Waals surface area contributed by atoms with E-state index in [1.165, 1.54) is 31.5 Å². The molecule has 1 unspecified atom stereocenters. The van der Waals surface area contributed by atoms with Gasteiger partial charge in [0, 0.05) is 31.2 Å². The van der Waals surface area contributed by atoms with Crippen molar-refractivity contribution in [2.24, 2.45) is 16.8 Å². The van der Waals surface area contributed by atoms with E-state index in [1.54, 1.807) is 0 Å². The first-order valence-electron chi connectivity index (χ1n) is 11.1. The van der Waals surface area contributed by atoms with Gasteiger partial charge in [-0.1, -0.05) is 12.1 Å². The van der Waals surface area contributed by atoms with Crippen LogP contribution in [-0.4, -0.2) is 63.9 Å². The summed E-state index contributed by atoms with van der Waals surface area (Å²) >= 11 is 0. The highest BCUT2D eigenvalue weighted by Gasteiger charge is 2.18. The quantitative estimate of drug-likeness (QED) is 0.517. The van der Waals surface area contributed by atoms with Gasteiger partial charge in [0.25, 0.3) is 0 Å². The van der Waals surface area contributed by atoms with Gasteiger partial charge >= 0.3 is 0 Å². The van der Waals surface area contributed by atoms with E-state index in [0.29, 0.717) is 19.1 Å². The minimum atomic E-state index is 0.500. The average Bonchev–Trinajstić information content (AvgIpc) is 3.24. The molecule has 6 heteroatoms. The van der Waals surface area contributed by atoms with Gasteiger partial charge in [0.15, 0.2) is 5.96 Å². The molecule has 0 amide bonds. The maximum absolute atomic E-state index is 6.16. The summed E-state index contributed by atoms with van der Waals surface area (Å²) in [7, 11) is 2.20. The number of nitrogens with one attached hydrogen (secondary N) is 2. The number of aryl methyl sites for hydroxylation is 1. The number of likely N-dealkylation sites (tertiary alicyclic amines) is 1. The Morgan fingerprint density at radius 1 is 1.21 bits per heavy atom. The number of hydrogen-bond donors (Lipinski definition) is 2. The Kier molecular flexibility index (Phi) is 8.62. The summed E-state index contributed by atoms with van der Waals surface area (Å²) in [6.45, 7) is 11.4. The molecule has 2 N–H and O–H groups in total. The summed E-state index contributed by atoms with van der Waals surface area (Å²) in [5.41, 5.74) is 2.34. The lowest BCUT2D eigenvalue weighted by atomic mass is 9.97. The third-order valence-corrected chi connectivity index (χ3v) is 5.87. The number of benzene rings is 1. The van der Waals surface area contributed by atoms with Gasteiger partial charge < -0.3 is 25.0 Å². The second kappa shape index (κ2) is 11.4. The number of guanidine groups is 1. The van der Waals surface area contributed by atoms with Crippen LogP contribution < -0.4 is 15.4 Å². The zero-order valence-corrected chi connectivity index (χ0v) is 18.4. The largest absolute Gasteiger partial charge is 0.493 e. The van der Waals surface area contributed by atoms with Crippen molar-refractivity contribution in [2.75, 3.05) is 53.0 Å². The van der Waals surface area contributed by atoms with Crippen molar-refractivity contribution >= 4 is 5.96 Å². The monoisotopic (exact) mass is 402 g/mol. The Bertz CT molecular complexity index is 650. The SMILES string of the molecule is CCNC(=NCc1ccc(C)cc1OCC1CCOC1)NCC1CCN(C)CC1. The van der Waals surface area contributed by atoms with Crippen molar-refractivity contribution in [3.63, 3.8) is 0 Å². The highest BCUT2D eigenvalue weighted by Crippen LogP contribution is 2.23. The number of ether oxygens (including phenoxy) is 2. The minimum Gasteiger partial charge on any atom is -0.493 e. The molecule has 0 radical (unpaired) electrons. The lowest BCUT2D eigenvalue weighted by Crippen LogP contribution is -2.42. The van der Waals surface area contributed by atoms with Crippen molar-refractivity contribution in [3.8, 4) is 5.75 Å². The molecule has 162 valence electrons. The van der Waals surface area contributed by atoms with Crippen molar-refractivity contribution in [2.45, 2.75) is 39.7 Å². The minimum absolute atomic E-state index is 0.500. The van der Waals surface area contributed by atoms with Gasteiger partial charge in [0.1, 0.15) is 5.75 Å². The molecule has 6 nitrogen and oxygen atoms in total. The fourth-order valence-electron chi connectivity index (χ4n) is 3.86. The second-order valence-corrected chi connectivity index (χ2v) is 8.47. The zero-order valence-electron chi connectivity index (χ0n) is 18.4. The maximum atomic E-state index is 6.16. The zero-order chi connectivity index (χ0) is 20.5. The maximum Gasteiger partial charge on any atom is 0.191 e. The van der Waals surface area contributed by atoms with Gasteiger partial charge in [-0.15, -0.1) is 0 Å². The summed E-state index contributed by atoms with van der Waals surface area (Å²) in [5.74, 6) is 3.07. The van der Waals surface area contributed by atoms with E-state index in [4.69, 9.17) is 14.5 Å². The highest BCUT2D eigenvalue weighted by atomic mass is 16.5. The van der Waals surface area contributed by atoms with Crippen LogP contribution >= 0.6 is 0 Å². The van der Waals surface area contributed by atoms with E-state index >= 15 is 0 Å². The molecule has 3 rings (SSSR count). The van der Waals surface area contributed by atoms with Crippen LogP contribution in [0.1, 0.15) is 37.3 Å². The van der Waals surface area contributed by atoms with Gasteiger partial charge in [0.05, 0.1) is 19.8 Å². The molecular weight excluding hydrogens is 364 g/mol. The van der Waals surface area contributed by atoms with Crippen LogP contribution in [0.4, 0.5) is 0 Å². The molecule has 0 bridgehead atoms. The molecule has 2 aliphatic rings. The highest BCUT2D eigenvalue weighted by molar-refractivity contribution is 5.79. The van der Waals surface area contributed by atoms with Gasteiger partial charge in [-0.25, -0.2) is 4.99 Å². The fraction of sp³-hybridized carbons (Fsp3) is 0.696. The Morgan fingerprint density at radius 3 is 2.76 bits per heavy atom. The third kappa shape index (κ3) is 7.19. The first-order chi connectivity index (χ1) is 14.1. The normalized spacial score (nSPS) is 21.3. The first kappa shape index (κ1) is 21.9. The molecule has 1 atom stereocenters. The van der Waals surface area contributed by atoms with Crippen LogP contribution in [0.15, 0.2) is 23.2 Å². The second-order valence-electron chi connectivity index (χ2n) is 8.47. The number of nitrogens with zero attached hydrogens (tertiary/aromatic N) is 2. The van der Waals surface area contributed by atoms with E-state index in [9.17, 15) is 0 Å². The van der Waals surface area contributed by atoms with Crippen LogP contribution in [0, 0.1) is 18.8 Å². The van der Waals surface area contributed by atoms with Gasteiger partial charge in [-0.3, -0.25) is 0 Å². The predicted octanol–water partition coefficient (Wildman–Crippen LogP) is 2.81. The molecule has 29 heavy (non-hydrogen) atoms. The summed E-state index contributed by atoms with van der Waals surface area (Å²) in [6, 6.07) is 6.40. The molecule has 0 spiro atoms. The molecule has 0 aliphatic carbocycles. The fourth-order valence-corrected chi connectivity index (χ4v) is 3.86. The smallest absolute Gasteiger partial charge is 0.191 e. The molecule has 2 saturated heterocycles. The molecule has 1 aromatic carbocycles. The molecule has 2 aliphatic heterocycles. The van der Waals surface area contributed by atoms with Crippen molar-refractivity contribution in [1.29, 1.82) is 0 Å². The molecule has 0 saturated carbocycles. The third-order valence-electron chi connectivity index (χ3n) is 5.87. The van der Waals surface area contributed by atoms with E-state index in [-0.39, 0.29) is 0 Å². The topological polar surface area (TPSA) is 58.1 Å². The number of piperidine rings is 1. The van der Waals surface area contributed by atoms with Crippen molar-refractivity contribution in [1.82, 2.24) is 15.5 Å². The standard InChI is InChI=1S/C23H38N4O2/c1-4-24-23(25-14-19-7-10-27(3)11-8-19)26-15-21-6-5-18(2)13-22(21)29-17-20-9-12-28-16-20/h5-6,13,19-20H,4,7-12,14-17H2,1-3H3,(H2,24,25,26). The van der Waals surface area contributed by atoms with Crippen LogP contribution in [-0.2, 0) is 11.3 Å². The van der Waals surface area contributed by atoms with Gasteiger partial charge in [-0.05, 0) is 70.8 Å². The number of aliphatic imine (C=N–C) groups is 1. The van der Waals surface area contributed by atoms with Crippen LogP contribution in [0.2, 0.25) is 0 Å². The summed E-state index contributed by atoms with van der Waals surface area (Å²) in [5, 5.41) is 6.93. The molecule has 2 heterocycles. The molecule has 0 aromatic heterocycles. The van der Waals surface area contributed by atoms with Crippen molar-refractivity contribution < 1.29 is 9.47 Å². The molecule has 2 fully saturated rings. The van der Waals surface area contributed by atoms with Crippen LogP contribution in [0.5, 0.6) is 5.75 Å². The van der Waals surface area contributed by atoms with E-state index < -0.39 is 0 Å². The van der Waals surface area contributed by atoms with Gasteiger partial charge in [-0.2, -0.15) is 0 Å². The summed E-state index contributed by atoms with van der Waals surface area (Å²) in [6.07, 6.45) is 3.60. The van der Waals surface area contributed by atoms with E-state index in [0.717, 1.165) is 55.9 Å². The molecular formula is C23H38N4O2. The van der Waals surface area contributed by atoms with Crippen LogP contribution in [0.25, 0.3) is 0 Å². The predicted molar refractivity (Wildman–Crippen MR) is 119 cm³/mol. The Morgan fingerprint density at radius 2 is 2.03 bits per heavy atom. The van der Waals surface area contributed by atoms with Gasteiger partial charge in [0.2, 0.25) is 0 Å². The summed E-state index contributed by atoms with van der Waals surface area (Å²) < 4.78 is 11.6. The molecule has 1 aromatic rings. The Balaban J connectivity index is 1.57. The van der Waals surface area contributed by atoms with Crippen LogP contribution in [0.3, 0.4) is 0 Å². The first-order valence-corrected chi connectivity index (χ1v) is 11.1. The van der Waals surface area contributed by atoms with E-state index in [1.807, 2.05) is 0 Å². The lowest BCUT2D eigenvalue weighted by Gasteiger charge is -2.29. The number of hydrogen-bond acceptors (Lipinski definition) is 4. The summed E-state index contributed by atoms with van der Waals surface area (Å²) in [4.78, 5) is 7.24. The lowest BCUT2D eigenvalue weighted by molar-refractivity contribution is 0.166. The average molecular weight is 403 g/mol. The Labute approximate surface area is 176 Å².